The molecule has 1 aromatic rings. The Hall–Kier alpha value is -0.470. The molecule has 2 rings (SSSR count). The molecule has 1 aliphatic carbocycles. The lowest BCUT2D eigenvalue weighted by atomic mass is 9.94. The number of rotatable bonds is 4. The van der Waals surface area contributed by atoms with E-state index in [2.05, 4.69) is 43.6 Å². The summed E-state index contributed by atoms with van der Waals surface area (Å²) in [5, 5.41) is 4.64. The summed E-state index contributed by atoms with van der Waals surface area (Å²) in [7, 11) is 0. The Morgan fingerprint density at radius 3 is 2.61 bits per heavy atom. The minimum absolute atomic E-state index is 0.718. The summed E-state index contributed by atoms with van der Waals surface area (Å²) in [5.41, 5.74) is 4.32. The zero-order valence-electron chi connectivity index (χ0n) is 11.8. The molecule has 1 fully saturated rings. The monoisotopic (exact) mass is 263 g/mol. The molecular weight excluding hydrogens is 238 g/mol. The molecule has 0 amide bonds. The Bertz CT molecular complexity index is 368. The lowest BCUT2D eigenvalue weighted by molar-refractivity contribution is 0.379. The van der Waals surface area contributed by atoms with Crippen LogP contribution in [-0.4, -0.2) is 17.5 Å². The first-order valence-electron chi connectivity index (χ1n) is 7.02. The summed E-state index contributed by atoms with van der Waals surface area (Å²) >= 11 is 2.04. The predicted octanol–water partition coefficient (Wildman–Crippen LogP) is 4.07. The van der Waals surface area contributed by atoms with E-state index in [-0.39, 0.29) is 0 Å². The van der Waals surface area contributed by atoms with Crippen LogP contribution in [0.5, 0.6) is 0 Å². The number of nitrogens with one attached hydrogen (secondary N) is 1. The zero-order chi connectivity index (χ0) is 13.0. The van der Waals surface area contributed by atoms with E-state index in [4.69, 9.17) is 0 Å². The third-order valence-electron chi connectivity index (χ3n) is 4.17. The van der Waals surface area contributed by atoms with Crippen LogP contribution in [0.15, 0.2) is 18.2 Å². The van der Waals surface area contributed by atoms with E-state index in [9.17, 15) is 0 Å². The Labute approximate surface area is 116 Å². The fraction of sp³-hybridized carbons (Fsp3) is 0.625. The molecule has 0 saturated heterocycles. The lowest BCUT2D eigenvalue weighted by Gasteiger charge is -2.29. The van der Waals surface area contributed by atoms with Crippen molar-refractivity contribution in [3.8, 4) is 0 Å². The summed E-state index contributed by atoms with van der Waals surface area (Å²) in [6.45, 7) is 5.47. The molecule has 2 heteroatoms. The van der Waals surface area contributed by atoms with Gasteiger partial charge in [0.25, 0.3) is 0 Å². The Morgan fingerprint density at radius 1 is 1.22 bits per heavy atom. The highest BCUT2D eigenvalue weighted by Crippen LogP contribution is 2.27. The van der Waals surface area contributed by atoms with Crippen molar-refractivity contribution in [1.82, 2.24) is 5.32 Å². The molecule has 0 heterocycles. The second-order valence-electron chi connectivity index (χ2n) is 5.47. The third-order valence-corrected chi connectivity index (χ3v) is 5.27. The number of hydrogen-bond donors (Lipinski definition) is 1. The van der Waals surface area contributed by atoms with Crippen molar-refractivity contribution >= 4 is 11.8 Å². The van der Waals surface area contributed by atoms with Gasteiger partial charge in [-0.25, -0.2) is 0 Å². The Morgan fingerprint density at radius 2 is 1.94 bits per heavy atom. The minimum atomic E-state index is 0.718. The zero-order valence-corrected chi connectivity index (χ0v) is 12.6. The number of thioether (sulfide) groups is 1. The van der Waals surface area contributed by atoms with Crippen LogP contribution in [0.1, 0.15) is 42.4 Å². The summed E-state index contributed by atoms with van der Waals surface area (Å²) in [6.07, 6.45) is 7.73. The van der Waals surface area contributed by atoms with Crippen LogP contribution < -0.4 is 5.32 Å². The molecule has 100 valence electrons. The third kappa shape index (κ3) is 3.52. The largest absolute Gasteiger partial charge is 0.310 e. The molecule has 1 nitrogen and oxygen atoms in total. The van der Waals surface area contributed by atoms with E-state index in [1.165, 1.54) is 42.4 Å². The number of hydrogen-bond acceptors (Lipinski definition) is 2. The van der Waals surface area contributed by atoms with Crippen LogP contribution in [0.4, 0.5) is 0 Å². The fourth-order valence-corrected chi connectivity index (χ4v) is 3.75. The van der Waals surface area contributed by atoms with Gasteiger partial charge >= 0.3 is 0 Å². The quantitative estimate of drug-likeness (QED) is 0.879. The van der Waals surface area contributed by atoms with Crippen molar-refractivity contribution in [2.75, 3.05) is 6.26 Å². The van der Waals surface area contributed by atoms with Crippen molar-refractivity contribution in [3.63, 3.8) is 0 Å². The van der Waals surface area contributed by atoms with E-state index < -0.39 is 0 Å². The molecule has 2 atom stereocenters. The summed E-state index contributed by atoms with van der Waals surface area (Å²) in [4.78, 5) is 0. The van der Waals surface area contributed by atoms with E-state index in [1.54, 1.807) is 0 Å². The van der Waals surface area contributed by atoms with Crippen LogP contribution >= 0.6 is 11.8 Å². The summed E-state index contributed by atoms with van der Waals surface area (Å²) in [6, 6.07) is 7.30. The van der Waals surface area contributed by atoms with Crippen LogP contribution in [0.3, 0.4) is 0 Å². The maximum atomic E-state index is 3.77. The molecule has 0 bridgehead atoms. The van der Waals surface area contributed by atoms with Gasteiger partial charge in [-0.2, -0.15) is 11.8 Å². The second-order valence-corrected chi connectivity index (χ2v) is 6.61. The van der Waals surface area contributed by atoms with Gasteiger partial charge < -0.3 is 5.32 Å². The van der Waals surface area contributed by atoms with E-state index in [0.29, 0.717) is 0 Å². The summed E-state index contributed by atoms with van der Waals surface area (Å²) in [5.74, 6) is 0. The van der Waals surface area contributed by atoms with Gasteiger partial charge in [-0.3, -0.25) is 0 Å². The topological polar surface area (TPSA) is 12.0 Å². The molecule has 0 aromatic heterocycles. The predicted molar refractivity (Wildman–Crippen MR) is 82.3 cm³/mol. The first kappa shape index (κ1) is 14.0. The molecule has 0 radical (unpaired) electrons. The molecule has 1 aliphatic rings. The number of aryl methyl sites for hydroxylation is 2. The molecule has 0 spiro atoms. The molecule has 1 saturated carbocycles. The fourth-order valence-electron chi connectivity index (χ4n) is 2.92. The SMILES string of the molecule is CSC1CCCC(NCc2c(C)cccc2C)C1. The maximum absolute atomic E-state index is 3.77. The van der Waals surface area contributed by atoms with Crippen molar-refractivity contribution in [1.29, 1.82) is 0 Å². The van der Waals surface area contributed by atoms with Gasteiger partial charge in [-0.15, -0.1) is 0 Å². The Balaban J connectivity index is 1.91. The average Bonchev–Trinajstić information content (AvgIpc) is 2.38. The highest BCUT2D eigenvalue weighted by atomic mass is 32.2. The second kappa shape index (κ2) is 6.63. The van der Waals surface area contributed by atoms with E-state index >= 15 is 0 Å². The lowest BCUT2D eigenvalue weighted by Crippen LogP contribution is -2.34. The van der Waals surface area contributed by atoms with Crippen molar-refractivity contribution in [3.05, 3.63) is 34.9 Å². The van der Waals surface area contributed by atoms with E-state index in [0.717, 1.165) is 17.8 Å². The highest BCUT2D eigenvalue weighted by molar-refractivity contribution is 7.99. The Kier molecular flexibility index (Phi) is 5.13. The summed E-state index contributed by atoms with van der Waals surface area (Å²) < 4.78 is 0. The molecule has 18 heavy (non-hydrogen) atoms. The maximum Gasteiger partial charge on any atom is 0.0213 e. The van der Waals surface area contributed by atoms with Gasteiger partial charge in [-0.05, 0) is 56.1 Å². The number of benzene rings is 1. The minimum Gasteiger partial charge on any atom is -0.310 e. The normalized spacial score (nSPS) is 24.2. The molecule has 0 aliphatic heterocycles. The van der Waals surface area contributed by atoms with Gasteiger partial charge in [-0.1, -0.05) is 24.6 Å². The molecular formula is C16H25NS. The van der Waals surface area contributed by atoms with Crippen LogP contribution in [-0.2, 0) is 6.54 Å². The van der Waals surface area contributed by atoms with E-state index in [1.807, 2.05) is 11.8 Å². The smallest absolute Gasteiger partial charge is 0.0213 e. The van der Waals surface area contributed by atoms with Gasteiger partial charge in [0, 0.05) is 17.8 Å². The van der Waals surface area contributed by atoms with Crippen molar-refractivity contribution < 1.29 is 0 Å². The van der Waals surface area contributed by atoms with Gasteiger partial charge in [0.15, 0.2) is 0 Å². The first-order chi connectivity index (χ1) is 8.70. The molecule has 1 aromatic carbocycles. The van der Waals surface area contributed by atoms with Crippen molar-refractivity contribution in [2.45, 2.75) is 57.4 Å². The van der Waals surface area contributed by atoms with Crippen molar-refractivity contribution in [2.24, 2.45) is 0 Å². The van der Waals surface area contributed by atoms with Crippen LogP contribution in [0, 0.1) is 13.8 Å². The first-order valence-corrected chi connectivity index (χ1v) is 8.30. The molecule has 2 unspecified atom stereocenters. The van der Waals surface area contributed by atoms with Crippen LogP contribution in [0.2, 0.25) is 0 Å². The van der Waals surface area contributed by atoms with Crippen LogP contribution in [0.25, 0.3) is 0 Å². The standard InChI is InChI=1S/C16H25NS/c1-12-6-4-7-13(2)16(12)11-17-14-8-5-9-15(10-14)18-3/h4,6-7,14-15,17H,5,8-11H2,1-3H3. The average molecular weight is 263 g/mol. The van der Waals surface area contributed by atoms with Gasteiger partial charge in [0.05, 0.1) is 0 Å². The van der Waals surface area contributed by atoms with Gasteiger partial charge in [0.2, 0.25) is 0 Å². The highest BCUT2D eigenvalue weighted by Gasteiger charge is 2.20. The molecule has 1 N–H and O–H groups in total. The van der Waals surface area contributed by atoms with Gasteiger partial charge in [0.1, 0.15) is 0 Å².